The van der Waals surface area contributed by atoms with E-state index in [9.17, 15) is 0 Å². The molecule has 1 aromatic carbocycles. The molecule has 17 heavy (non-hydrogen) atoms. The molecule has 0 aliphatic rings. The Morgan fingerprint density at radius 3 is 2.88 bits per heavy atom. The lowest BCUT2D eigenvalue weighted by Gasteiger charge is -2.06. The second kappa shape index (κ2) is 4.67. The molecule has 0 saturated heterocycles. The SMILES string of the molecule is C=C(C)/C(=C\S)Nc1nc2c(C)cccc2[nH]1. The van der Waals surface area contributed by atoms with E-state index in [-0.39, 0.29) is 0 Å². The van der Waals surface area contributed by atoms with E-state index in [1.54, 1.807) is 5.41 Å². The van der Waals surface area contributed by atoms with E-state index in [4.69, 9.17) is 0 Å². The van der Waals surface area contributed by atoms with Gasteiger partial charge in [0, 0.05) is 5.70 Å². The maximum Gasteiger partial charge on any atom is 0.205 e. The van der Waals surface area contributed by atoms with Gasteiger partial charge in [-0.1, -0.05) is 18.7 Å². The van der Waals surface area contributed by atoms with E-state index in [2.05, 4.69) is 34.5 Å². The van der Waals surface area contributed by atoms with Gasteiger partial charge in [-0.2, -0.15) is 0 Å². The van der Waals surface area contributed by atoms with E-state index in [1.807, 2.05) is 32.0 Å². The summed E-state index contributed by atoms with van der Waals surface area (Å²) in [5.41, 5.74) is 4.92. The Labute approximate surface area is 106 Å². The number of aromatic amines is 1. The van der Waals surface area contributed by atoms with Crippen LogP contribution < -0.4 is 5.32 Å². The van der Waals surface area contributed by atoms with Crippen molar-refractivity contribution in [3.05, 3.63) is 47.0 Å². The first-order chi connectivity index (χ1) is 8.11. The van der Waals surface area contributed by atoms with Crippen molar-refractivity contribution in [2.24, 2.45) is 0 Å². The normalized spacial score (nSPS) is 11.8. The van der Waals surface area contributed by atoms with Crippen molar-refractivity contribution in [1.82, 2.24) is 9.97 Å². The third-order valence-corrected chi connectivity index (χ3v) is 2.81. The molecule has 0 bridgehead atoms. The third kappa shape index (κ3) is 2.36. The van der Waals surface area contributed by atoms with Crippen LogP contribution in [0.3, 0.4) is 0 Å². The van der Waals surface area contributed by atoms with Crippen molar-refractivity contribution in [2.75, 3.05) is 5.32 Å². The molecule has 2 N–H and O–H groups in total. The lowest BCUT2D eigenvalue weighted by atomic mass is 10.2. The van der Waals surface area contributed by atoms with Crippen LogP contribution in [-0.4, -0.2) is 9.97 Å². The second-order valence-corrected chi connectivity index (χ2v) is 4.26. The molecule has 0 atom stereocenters. The summed E-state index contributed by atoms with van der Waals surface area (Å²) >= 11 is 4.14. The van der Waals surface area contributed by atoms with Crippen LogP contribution in [0.1, 0.15) is 12.5 Å². The third-order valence-electron chi connectivity index (χ3n) is 2.56. The van der Waals surface area contributed by atoms with Crippen LogP contribution in [0.25, 0.3) is 11.0 Å². The molecule has 2 aromatic rings. The highest BCUT2D eigenvalue weighted by atomic mass is 32.1. The molecule has 0 unspecified atom stereocenters. The molecule has 0 aliphatic heterocycles. The Morgan fingerprint density at radius 2 is 2.29 bits per heavy atom. The summed E-state index contributed by atoms with van der Waals surface area (Å²) < 4.78 is 0. The zero-order valence-corrected chi connectivity index (χ0v) is 10.8. The Hall–Kier alpha value is -1.68. The van der Waals surface area contributed by atoms with E-state index in [0.717, 1.165) is 27.9 Å². The minimum Gasteiger partial charge on any atom is -0.325 e. The summed E-state index contributed by atoms with van der Waals surface area (Å²) in [4.78, 5) is 7.72. The summed E-state index contributed by atoms with van der Waals surface area (Å²) in [6, 6.07) is 6.06. The average Bonchev–Trinajstić information content (AvgIpc) is 2.69. The number of anilines is 1. The van der Waals surface area contributed by atoms with Gasteiger partial charge >= 0.3 is 0 Å². The molecule has 2 rings (SSSR count). The van der Waals surface area contributed by atoms with Crippen LogP contribution in [0.5, 0.6) is 0 Å². The second-order valence-electron chi connectivity index (χ2n) is 4.00. The summed E-state index contributed by atoms with van der Waals surface area (Å²) in [5, 5.41) is 4.85. The summed E-state index contributed by atoms with van der Waals surface area (Å²) in [6.45, 7) is 7.83. The highest BCUT2D eigenvalue weighted by Gasteiger charge is 2.05. The number of para-hydroxylation sites is 1. The maximum atomic E-state index is 4.50. The van der Waals surface area contributed by atoms with Gasteiger partial charge in [0.15, 0.2) is 0 Å². The van der Waals surface area contributed by atoms with Gasteiger partial charge in [-0.25, -0.2) is 4.98 Å². The van der Waals surface area contributed by atoms with E-state index < -0.39 is 0 Å². The topological polar surface area (TPSA) is 40.7 Å². The summed E-state index contributed by atoms with van der Waals surface area (Å²) in [5.74, 6) is 0.706. The molecule has 0 amide bonds. The van der Waals surface area contributed by atoms with Crippen LogP contribution in [0.15, 0.2) is 41.5 Å². The number of H-pyrrole nitrogens is 1. The fourth-order valence-electron chi connectivity index (χ4n) is 1.61. The number of imidazole rings is 1. The van der Waals surface area contributed by atoms with Crippen molar-refractivity contribution < 1.29 is 0 Å². The van der Waals surface area contributed by atoms with Crippen LogP contribution in [0, 0.1) is 6.92 Å². The van der Waals surface area contributed by atoms with Gasteiger partial charge in [-0.3, -0.25) is 0 Å². The molecule has 1 aromatic heterocycles. The van der Waals surface area contributed by atoms with Gasteiger partial charge in [0.2, 0.25) is 5.95 Å². The number of aryl methyl sites for hydroxylation is 1. The van der Waals surface area contributed by atoms with Gasteiger partial charge < -0.3 is 10.3 Å². The first-order valence-corrected chi connectivity index (χ1v) is 5.86. The predicted molar refractivity (Wildman–Crippen MR) is 76.3 cm³/mol. The molecule has 0 fully saturated rings. The molecule has 3 nitrogen and oxygen atoms in total. The smallest absolute Gasteiger partial charge is 0.205 e. The van der Waals surface area contributed by atoms with Crippen LogP contribution in [0.4, 0.5) is 5.95 Å². The van der Waals surface area contributed by atoms with Crippen molar-refractivity contribution >= 4 is 29.6 Å². The Bertz CT molecular complexity index is 596. The Balaban J connectivity index is 2.38. The number of hydrogen-bond donors (Lipinski definition) is 3. The number of allylic oxidation sites excluding steroid dienone is 1. The van der Waals surface area contributed by atoms with Crippen molar-refractivity contribution in [1.29, 1.82) is 0 Å². The molecule has 4 heteroatoms. The predicted octanol–water partition coefficient (Wildman–Crippen LogP) is 3.63. The van der Waals surface area contributed by atoms with Gasteiger partial charge in [0.1, 0.15) is 0 Å². The van der Waals surface area contributed by atoms with E-state index >= 15 is 0 Å². The first kappa shape index (κ1) is 11.8. The highest BCUT2D eigenvalue weighted by Crippen LogP contribution is 2.19. The minimum absolute atomic E-state index is 0.706. The molecular weight excluding hydrogens is 230 g/mol. The monoisotopic (exact) mass is 245 g/mol. The van der Waals surface area contributed by atoms with Crippen molar-refractivity contribution in [2.45, 2.75) is 13.8 Å². The number of nitrogens with zero attached hydrogens (tertiary/aromatic N) is 1. The summed E-state index contributed by atoms with van der Waals surface area (Å²) in [7, 11) is 0. The fourth-order valence-corrected chi connectivity index (χ4v) is 1.90. The highest BCUT2D eigenvalue weighted by molar-refractivity contribution is 7.83. The number of fused-ring (bicyclic) bond motifs is 1. The Morgan fingerprint density at radius 1 is 1.53 bits per heavy atom. The van der Waals surface area contributed by atoms with Gasteiger partial charge in [0.25, 0.3) is 0 Å². The van der Waals surface area contributed by atoms with Crippen LogP contribution in [0.2, 0.25) is 0 Å². The number of hydrogen-bond acceptors (Lipinski definition) is 3. The van der Waals surface area contributed by atoms with Crippen LogP contribution in [-0.2, 0) is 0 Å². The summed E-state index contributed by atoms with van der Waals surface area (Å²) in [6.07, 6.45) is 0. The van der Waals surface area contributed by atoms with Gasteiger partial charge in [-0.05, 0) is 36.5 Å². The number of nitrogens with one attached hydrogen (secondary N) is 2. The van der Waals surface area contributed by atoms with Crippen LogP contribution >= 0.6 is 12.6 Å². The number of rotatable bonds is 3. The average molecular weight is 245 g/mol. The van der Waals surface area contributed by atoms with Gasteiger partial charge in [-0.15, -0.1) is 12.6 Å². The quantitative estimate of drug-likeness (QED) is 0.571. The standard InChI is InChI=1S/C13H15N3S/c1-8(2)11(7-17)15-13-14-10-6-4-5-9(3)12(10)16-13/h4-7,17H,1H2,2-3H3,(H2,14,15,16)/b11-7+. The lowest BCUT2D eigenvalue weighted by Crippen LogP contribution is -2.00. The minimum atomic E-state index is 0.706. The maximum absolute atomic E-state index is 4.50. The first-order valence-electron chi connectivity index (χ1n) is 5.34. The van der Waals surface area contributed by atoms with Crippen molar-refractivity contribution in [3.63, 3.8) is 0 Å². The van der Waals surface area contributed by atoms with E-state index in [1.165, 1.54) is 0 Å². The Kier molecular flexibility index (Phi) is 3.24. The van der Waals surface area contributed by atoms with E-state index in [0.29, 0.717) is 5.95 Å². The van der Waals surface area contributed by atoms with Gasteiger partial charge in [0.05, 0.1) is 11.0 Å². The molecular formula is C13H15N3S. The number of aromatic nitrogens is 2. The zero-order valence-electron chi connectivity index (χ0n) is 9.91. The number of thiol groups is 1. The molecule has 0 spiro atoms. The molecule has 0 radical (unpaired) electrons. The molecule has 88 valence electrons. The largest absolute Gasteiger partial charge is 0.325 e. The fraction of sp³-hybridized carbons (Fsp3) is 0.154. The molecule has 1 heterocycles. The number of benzene rings is 1. The van der Waals surface area contributed by atoms with Crippen molar-refractivity contribution in [3.8, 4) is 0 Å². The lowest BCUT2D eigenvalue weighted by molar-refractivity contribution is 1.25. The zero-order chi connectivity index (χ0) is 12.4. The molecule has 0 saturated carbocycles. The molecule has 0 aliphatic carbocycles.